The second-order valence-electron chi connectivity index (χ2n) is 6.50. The zero-order chi connectivity index (χ0) is 18.5. The summed E-state index contributed by atoms with van der Waals surface area (Å²) in [5.74, 6) is 0. The van der Waals surface area contributed by atoms with Crippen LogP contribution in [0, 0.1) is 13.8 Å². The first kappa shape index (κ1) is 16.8. The summed E-state index contributed by atoms with van der Waals surface area (Å²) < 4.78 is 28.2. The fourth-order valence-electron chi connectivity index (χ4n) is 3.49. The molecule has 0 fully saturated rings. The van der Waals surface area contributed by atoms with Crippen LogP contribution in [0.1, 0.15) is 16.7 Å². The predicted octanol–water partition coefficient (Wildman–Crippen LogP) is 4.14. The van der Waals surface area contributed by atoms with E-state index in [1.165, 1.54) is 3.97 Å². The highest BCUT2D eigenvalue weighted by atomic mass is 32.2. The molecule has 26 heavy (non-hydrogen) atoms. The SMILES string of the molecule is Cc1ccc(S(=O)(=O)n2c3ccccc3c3c(C)c(CO)ccc32)cc1. The van der Waals surface area contributed by atoms with Crippen molar-refractivity contribution in [2.24, 2.45) is 0 Å². The van der Waals surface area contributed by atoms with Crippen LogP contribution in [0.5, 0.6) is 0 Å². The van der Waals surface area contributed by atoms with Gasteiger partial charge in [-0.15, -0.1) is 0 Å². The lowest BCUT2D eigenvalue weighted by molar-refractivity contribution is 0.281. The third-order valence-electron chi connectivity index (χ3n) is 4.90. The molecule has 0 saturated heterocycles. The Morgan fingerprint density at radius 1 is 0.885 bits per heavy atom. The van der Waals surface area contributed by atoms with Crippen LogP contribution >= 0.6 is 0 Å². The van der Waals surface area contributed by atoms with E-state index in [-0.39, 0.29) is 11.5 Å². The van der Waals surface area contributed by atoms with E-state index in [4.69, 9.17) is 0 Å². The Morgan fingerprint density at radius 3 is 2.27 bits per heavy atom. The molecule has 0 aliphatic rings. The minimum atomic E-state index is -3.75. The molecule has 1 heterocycles. The first-order valence-corrected chi connectivity index (χ1v) is 9.84. The highest BCUT2D eigenvalue weighted by molar-refractivity contribution is 7.90. The van der Waals surface area contributed by atoms with E-state index >= 15 is 0 Å². The van der Waals surface area contributed by atoms with Crippen LogP contribution in [0.4, 0.5) is 0 Å². The molecular formula is C21H19NO3S. The molecular weight excluding hydrogens is 346 g/mol. The molecule has 1 aromatic heterocycles. The summed E-state index contributed by atoms with van der Waals surface area (Å²) in [6, 6.07) is 17.9. The van der Waals surface area contributed by atoms with E-state index in [0.29, 0.717) is 11.0 Å². The Morgan fingerprint density at radius 2 is 1.58 bits per heavy atom. The number of fused-ring (bicyclic) bond motifs is 3. The molecule has 3 aromatic carbocycles. The summed E-state index contributed by atoms with van der Waals surface area (Å²) in [6.45, 7) is 3.77. The Hall–Kier alpha value is -2.63. The Balaban J connectivity index is 2.15. The number of aromatic nitrogens is 1. The van der Waals surface area contributed by atoms with Crippen LogP contribution in [0.2, 0.25) is 0 Å². The van der Waals surface area contributed by atoms with Gasteiger partial charge in [-0.2, -0.15) is 0 Å². The van der Waals surface area contributed by atoms with Gasteiger partial charge in [0, 0.05) is 10.8 Å². The van der Waals surface area contributed by atoms with Crippen LogP contribution in [-0.4, -0.2) is 17.5 Å². The summed E-state index contributed by atoms with van der Waals surface area (Å²) in [7, 11) is -3.75. The van der Waals surface area contributed by atoms with E-state index in [2.05, 4.69) is 0 Å². The standard InChI is InChI=1S/C21H19NO3S/c1-14-7-10-17(11-8-14)26(24,25)22-19-6-4-3-5-18(19)21-15(2)16(13-23)9-12-20(21)22/h3-12,23H,13H2,1-2H3. The predicted molar refractivity (Wildman–Crippen MR) is 104 cm³/mol. The lowest BCUT2D eigenvalue weighted by atomic mass is 10.0. The molecule has 0 spiro atoms. The molecule has 0 unspecified atom stereocenters. The van der Waals surface area contributed by atoms with Crippen molar-refractivity contribution in [1.82, 2.24) is 3.97 Å². The third-order valence-corrected chi connectivity index (χ3v) is 6.64. The lowest BCUT2D eigenvalue weighted by Crippen LogP contribution is -2.12. The number of aliphatic hydroxyl groups is 1. The summed E-state index contributed by atoms with van der Waals surface area (Å²) in [5.41, 5.74) is 3.98. The number of hydrogen-bond acceptors (Lipinski definition) is 3. The largest absolute Gasteiger partial charge is 0.392 e. The third kappa shape index (κ3) is 2.35. The Labute approximate surface area is 152 Å². The quantitative estimate of drug-likeness (QED) is 0.594. The van der Waals surface area contributed by atoms with Gasteiger partial charge < -0.3 is 5.11 Å². The molecule has 0 amide bonds. The van der Waals surface area contributed by atoms with Gasteiger partial charge >= 0.3 is 0 Å². The monoisotopic (exact) mass is 365 g/mol. The van der Waals surface area contributed by atoms with E-state index in [1.807, 2.05) is 38.1 Å². The molecule has 0 bridgehead atoms. The summed E-state index contributed by atoms with van der Waals surface area (Å²) >= 11 is 0. The molecule has 0 aliphatic heterocycles. The molecule has 0 radical (unpaired) electrons. The van der Waals surface area contributed by atoms with Crippen molar-refractivity contribution in [3.8, 4) is 0 Å². The van der Waals surface area contributed by atoms with E-state index < -0.39 is 10.0 Å². The molecule has 0 saturated carbocycles. The van der Waals surface area contributed by atoms with E-state index in [0.717, 1.165) is 27.5 Å². The van der Waals surface area contributed by atoms with Crippen molar-refractivity contribution < 1.29 is 13.5 Å². The molecule has 1 N–H and O–H groups in total. The van der Waals surface area contributed by atoms with Crippen LogP contribution < -0.4 is 0 Å². The van der Waals surface area contributed by atoms with Crippen molar-refractivity contribution >= 4 is 31.8 Å². The van der Waals surface area contributed by atoms with Crippen molar-refractivity contribution in [1.29, 1.82) is 0 Å². The molecule has 5 heteroatoms. The normalized spacial score (nSPS) is 12.1. The van der Waals surface area contributed by atoms with Crippen molar-refractivity contribution in [2.45, 2.75) is 25.3 Å². The van der Waals surface area contributed by atoms with Gasteiger partial charge in [-0.05, 0) is 49.2 Å². The molecule has 4 nitrogen and oxygen atoms in total. The van der Waals surface area contributed by atoms with E-state index in [1.54, 1.807) is 36.4 Å². The zero-order valence-electron chi connectivity index (χ0n) is 14.6. The van der Waals surface area contributed by atoms with Crippen molar-refractivity contribution in [2.75, 3.05) is 0 Å². The number of nitrogens with zero attached hydrogens (tertiary/aromatic N) is 1. The average Bonchev–Trinajstić information content (AvgIpc) is 2.98. The van der Waals surface area contributed by atoms with Crippen molar-refractivity contribution in [3.05, 3.63) is 77.4 Å². The minimum Gasteiger partial charge on any atom is -0.392 e. The number of aliphatic hydroxyl groups excluding tert-OH is 1. The summed E-state index contributed by atoms with van der Waals surface area (Å²) in [6.07, 6.45) is 0. The number of aryl methyl sites for hydroxylation is 2. The number of para-hydroxylation sites is 1. The fourth-order valence-corrected chi connectivity index (χ4v) is 5.01. The maximum atomic E-state index is 13.4. The van der Waals surface area contributed by atoms with E-state index in [9.17, 15) is 13.5 Å². The van der Waals surface area contributed by atoms with Crippen LogP contribution in [-0.2, 0) is 16.6 Å². The smallest absolute Gasteiger partial charge is 0.268 e. The molecule has 0 atom stereocenters. The summed E-state index contributed by atoms with van der Waals surface area (Å²) in [5, 5.41) is 11.3. The molecule has 4 aromatic rings. The first-order chi connectivity index (χ1) is 12.4. The molecule has 4 rings (SSSR count). The second kappa shape index (κ2) is 5.97. The number of benzene rings is 3. The fraction of sp³-hybridized carbons (Fsp3) is 0.143. The summed E-state index contributed by atoms with van der Waals surface area (Å²) in [4.78, 5) is 0.259. The Bertz CT molecular complexity index is 1240. The highest BCUT2D eigenvalue weighted by Gasteiger charge is 2.24. The Kier molecular flexibility index (Phi) is 3.86. The highest BCUT2D eigenvalue weighted by Crippen LogP contribution is 2.35. The van der Waals surface area contributed by atoms with Gasteiger partial charge in [0.2, 0.25) is 0 Å². The number of hydrogen-bond donors (Lipinski definition) is 1. The van der Waals surface area contributed by atoms with Crippen LogP contribution in [0.3, 0.4) is 0 Å². The van der Waals surface area contributed by atoms with Gasteiger partial charge in [-0.3, -0.25) is 0 Å². The van der Waals surface area contributed by atoms with Gasteiger partial charge in [0.25, 0.3) is 10.0 Å². The molecule has 0 aliphatic carbocycles. The minimum absolute atomic E-state index is 0.0774. The van der Waals surface area contributed by atoms with Crippen LogP contribution in [0.15, 0.2) is 65.6 Å². The zero-order valence-corrected chi connectivity index (χ0v) is 15.4. The van der Waals surface area contributed by atoms with Gasteiger partial charge in [0.05, 0.1) is 22.5 Å². The van der Waals surface area contributed by atoms with Gasteiger partial charge in [0.15, 0.2) is 0 Å². The van der Waals surface area contributed by atoms with Gasteiger partial charge in [-0.1, -0.05) is 42.0 Å². The number of rotatable bonds is 3. The molecule has 132 valence electrons. The van der Waals surface area contributed by atoms with Crippen molar-refractivity contribution in [3.63, 3.8) is 0 Å². The average molecular weight is 365 g/mol. The van der Waals surface area contributed by atoms with Crippen LogP contribution in [0.25, 0.3) is 21.8 Å². The first-order valence-electron chi connectivity index (χ1n) is 8.40. The maximum absolute atomic E-state index is 13.4. The topological polar surface area (TPSA) is 59.3 Å². The van der Waals surface area contributed by atoms with Gasteiger partial charge in [-0.25, -0.2) is 12.4 Å². The maximum Gasteiger partial charge on any atom is 0.268 e. The van der Waals surface area contributed by atoms with Gasteiger partial charge in [0.1, 0.15) is 0 Å². The lowest BCUT2D eigenvalue weighted by Gasteiger charge is -2.10. The second-order valence-corrected chi connectivity index (χ2v) is 8.29.